The Morgan fingerprint density at radius 3 is 3.00 bits per heavy atom. The average molecular weight is 194 g/mol. The zero-order valence-electron chi connectivity index (χ0n) is 7.22. The normalized spacial score (nSPS) is 10.1. The van der Waals surface area contributed by atoms with Crippen LogP contribution in [0.3, 0.4) is 0 Å². The molecule has 0 saturated heterocycles. The number of ether oxygens (including phenoxy) is 1. The SMILES string of the molecule is COc1cncc(-c2noc(=O)[nH]2)n1. The van der Waals surface area contributed by atoms with E-state index in [-0.39, 0.29) is 5.82 Å². The van der Waals surface area contributed by atoms with Gasteiger partial charge in [0.1, 0.15) is 5.69 Å². The zero-order valence-corrected chi connectivity index (χ0v) is 7.22. The van der Waals surface area contributed by atoms with Crippen LogP contribution in [0, 0.1) is 0 Å². The van der Waals surface area contributed by atoms with Gasteiger partial charge in [-0.2, -0.15) is 0 Å². The van der Waals surface area contributed by atoms with Crippen LogP contribution in [0.4, 0.5) is 0 Å². The maximum atomic E-state index is 10.7. The maximum Gasteiger partial charge on any atom is 0.439 e. The molecule has 0 aliphatic rings. The number of hydrogen-bond acceptors (Lipinski definition) is 6. The van der Waals surface area contributed by atoms with Crippen LogP contribution in [-0.2, 0) is 0 Å². The number of hydrogen-bond donors (Lipinski definition) is 1. The van der Waals surface area contributed by atoms with Crippen molar-refractivity contribution in [3.8, 4) is 17.4 Å². The minimum absolute atomic E-state index is 0.224. The van der Waals surface area contributed by atoms with Crippen molar-refractivity contribution >= 4 is 0 Å². The number of aromatic nitrogens is 4. The maximum absolute atomic E-state index is 10.7. The van der Waals surface area contributed by atoms with Gasteiger partial charge in [0.05, 0.1) is 19.5 Å². The molecule has 1 N–H and O–H groups in total. The summed E-state index contributed by atoms with van der Waals surface area (Å²) < 4.78 is 9.18. The van der Waals surface area contributed by atoms with E-state index in [1.165, 1.54) is 19.5 Å². The van der Waals surface area contributed by atoms with E-state index in [0.29, 0.717) is 11.6 Å². The van der Waals surface area contributed by atoms with Gasteiger partial charge in [-0.1, -0.05) is 5.16 Å². The molecule has 2 aromatic rings. The largest absolute Gasteiger partial charge is 0.480 e. The fraction of sp³-hybridized carbons (Fsp3) is 0.143. The van der Waals surface area contributed by atoms with E-state index in [2.05, 4.69) is 24.6 Å². The fourth-order valence-corrected chi connectivity index (χ4v) is 0.901. The first-order valence-electron chi connectivity index (χ1n) is 3.72. The molecule has 0 unspecified atom stereocenters. The van der Waals surface area contributed by atoms with Crippen LogP contribution >= 0.6 is 0 Å². The van der Waals surface area contributed by atoms with Gasteiger partial charge in [0, 0.05) is 0 Å². The van der Waals surface area contributed by atoms with Crippen molar-refractivity contribution in [2.24, 2.45) is 0 Å². The van der Waals surface area contributed by atoms with Crippen molar-refractivity contribution in [2.45, 2.75) is 0 Å². The molecule has 0 bridgehead atoms. The molecule has 2 rings (SSSR count). The highest BCUT2D eigenvalue weighted by Crippen LogP contribution is 2.11. The number of H-pyrrole nitrogens is 1. The molecular weight excluding hydrogens is 188 g/mol. The van der Waals surface area contributed by atoms with Crippen LogP contribution in [0.2, 0.25) is 0 Å². The molecule has 7 nitrogen and oxygen atoms in total. The standard InChI is InChI=1S/C7H6N4O3/c1-13-5-3-8-2-4(9-5)6-10-7(12)14-11-6/h2-3H,1H3,(H,10,11,12). The minimum atomic E-state index is -0.635. The van der Waals surface area contributed by atoms with Crippen LogP contribution in [0.25, 0.3) is 11.5 Å². The second-order valence-electron chi connectivity index (χ2n) is 2.39. The van der Waals surface area contributed by atoms with Gasteiger partial charge < -0.3 is 4.74 Å². The summed E-state index contributed by atoms with van der Waals surface area (Å²) in [5, 5.41) is 3.46. The van der Waals surface area contributed by atoms with Crippen molar-refractivity contribution in [1.29, 1.82) is 0 Å². The van der Waals surface area contributed by atoms with Crippen molar-refractivity contribution in [2.75, 3.05) is 7.11 Å². The van der Waals surface area contributed by atoms with Gasteiger partial charge in [0.25, 0.3) is 0 Å². The Bertz CT molecular complexity index is 489. The number of rotatable bonds is 2. The van der Waals surface area contributed by atoms with Crippen LogP contribution in [0.15, 0.2) is 21.7 Å². The Kier molecular flexibility index (Phi) is 1.98. The highest BCUT2D eigenvalue weighted by Gasteiger charge is 2.06. The quantitative estimate of drug-likeness (QED) is 0.713. The van der Waals surface area contributed by atoms with E-state index >= 15 is 0 Å². The number of nitrogens with zero attached hydrogens (tertiary/aromatic N) is 3. The van der Waals surface area contributed by atoms with Crippen LogP contribution in [0.5, 0.6) is 5.88 Å². The van der Waals surface area contributed by atoms with Crippen LogP contribution < -0.4 is 10.5 Å². The molecule has 0 amide bonds. The molecule has 72 valence electrons. The zero-order chi connectivity index (χ0) is 9.97. The molecule has 2 aromatic heterocycles. The summed E-state index contributed by atoms with van der Waals surface area (Å²) in [6.45, 7) is 0. The highest BCUT2D eigenvalue weighted by atomic mass is 16.5. The van der Waals surface area contributed by atoms with Crippen molar-refractivity contribution in [1.82, 2.24) is 20.1 Å². The third-order valence-electron chi connectivity index (χ3n) is 1.50. The monoisotopic (exact) mass is 194 g/mol. The van der Waals surface area contributed by atoms with Gasteiger partial charge in [0.15, 0.2) is 0 Å². The number of nitrogens with one attached hydrogen (secondary N) is 1. The predicted octanol–water partition coefficient (Wildman–Crippen LogP) is -0.172. The highest BCUT2D eigenvalue weighted by molar-refractivity contribution is 5.46. The summed E-state index contributed by atoms with van der Waals surface area (Å²) in [7, 11) is 1.47. The van der Waals surface area contributed by atoms with E-state index in [0.717, 1.165) is 0 Å². The first-order valence-corrected chi connectivity index (χ1v) is 3.72. The molecule has 0 radical (unpaired) electrons. The average Bonchev–Trinajstić information content (AvgIpc) is 2.65. The molecule has 0 atom stereocenters. The van der Waals surface area contributed by atoms with Gasteiger partial charge in [-0.3, -0.25) is 14.5 Å². The van der Waals surface area contributed by atoms with E-state index in [9.17, 15) is 4.79 Å². The van der Waals surface area contributed by atoms with Crippen LogP contribution in [-0.4, -0.2) is 27.2 Å². The van der Waals surface area contributed by atoms with Crippen molar-refractivity contribution in [3.63, 3.8) is 0 Å². The van der Waals surface area contributed by atoms with Crippen molar-refractivity contribution in [3.05, 3.63) is 22.9 Å². The lowest BCUT2D eigenvalue weighted by molar-refractivity contribution is 0.386. The number of aromatic amines is 1. The molecule has 7 heteroatoms. The van der Waals surface area contributed by atoms with Gasteiger partial charge in [0.2, 0.25) is 11.7 Å². The summed E-state index contributed by atoms with van der Waals surface area (Å²) in [5.41, 5.74) is 0.384. The van der Waals surface area contributed by atoms with E-state index in [1.54, 1.807) is 0 Å². The lowest BCUT2D eigenvalue weighted by Gasteiger charge is -1.97. The van der Waals surface area contributed by atoms with Gasteiger partial charge in [-0.05, 0) is 0 Å². The van der Waals surface area contributed by atoms with Crippen LogP contribution in [0.1, 0.15) is 0 Å². The second kappa shape index (κ2) is 3.29. The lowest BCUT2D eigenvalue weighted by Crippen LogP contribution is -1.97. The van der Waals surface area contributed by atoms with E-state index < -0.39 is 5.76 Å². The molecular formula is C7H6N4O3. The van der Waals surface area contributed by atoms with E-state index in [4.69, 9.17) is 4.74 Å². The summed E-state index contributed by atoms with van der Waals surface area (Å²) >= 11 is 0. The molecule has 0 aromatic carbocycles. The van der Waals surface area contributed by atoms with Gasteiger partial charge in [-0.15, -0.1) is 0 Å². The first kappa shape index (κ1) is 8.42. The van der Waals surface area contributed by atoms with Gasteiger partial charge >= 0.3 is 5.76 Å². The summed E-state index contributed by atoms with van der Waals surface area (Å²) in [6.07, 6.45) is 2.89. The Labute approximate surface area is 77.8 Å². The summed E-state index contributed by atoms with van der Waals surface area (Å²) in [4.78, 5) is 20.9. The van der Waals surface area contributed by atoms with E-state index in [1.807, 2.05) is 0 Å². The second-order valence-corrected chi connectivity index (χ2v) is 2.39. The number of methoxy groups -OCH3 is 1. The Balaban J connectivity index is 2.46. The Hall–Kier alpha value is -2.18. The van der Waals surface area contributed by atoms with Gasteiger partial charge in [-0.25, -0.2) is 9.78 Å². The predicted molar refractivity (Wildman–Crippen MR) is 44.7 cm³/mol. The lowest BCUT2D eigenvalue weighted by atomic mass is 10.4. The first-order chi connectivity index (χ1) is 6.79. The Morgan fingerprint density at radius 1 is 1.50 bits per heavy atom. The molecule has 0 fully saturated rings. The fourth-order valence-electron chi connectivity index (χ4n) is 0.901. The summed E-state index contributed by atoms with van der Waals surface area (Å²) in [6, 6.07) is 0. The summed E-state index contributed by atoms with van der Waals surface area (Å²) in [5.74, 6) is -0.0719. The topological polar surface area (TPSA) is 93.9 Å². The minimum Gasteiger partial charge on any atom is -0.480 e. The molecule has 2 heterocycles. The van der Waals surface area contributed by atoms with Crippen molar-refractivity contribution < 1.29 is 9.26 Å². The molecule has 0 saturated carbocycles. The molecule has 14 heavy (non-hydrogen) atoms. The third-order valence-corrected chi connectivity index (χ3v) is 1.50. The molecule has 0 aliphatic carbocycles. The Morgan fingerprint density at radius 2 is 2.36 bits per heavy atom. The molecule has 0 aliphatic heterocycles. The third kappa shape index (κ3) is 1.47. The molecule has 0 spiro atoms. The smallest absolute Gasteiger partial charge is 0.439 e.